The zero-order valence-electron chi connectivity index (χ0n) is 12.2. The Labute approximate surface area is 130 Å². The monoisotopic (exact) mass is 318 g/mol. The van der Waals surface area contributed by atoms with E-state index in [1.165, 1.54) is 12.1 Å². The number of rotatable bonds is 3. The van der Waals surface area contributed by atoms with E-state index in [2.05, 4.69) is 10.3 Å². The molecule has 0 saturated carbocycles. The van der Waals surface area contributed by atoms with E-state index in [1.807, 2.05) is 24.3 Å². The van der Waals surface area contributed by atoms with E-state index in [-0.39, 0.29) is 0 Å². The van der Waals surface area contributed by atoms with E-state index in [9.17, 15) is 13.2 Å². The number of aromatic nitrogens is 1. The third-order valence-electron chi connectivity index (χ3n) is 3.34. The SMILES string of the molecule is CNc1cc(Oc2ccc(C(F)(F)F)cc2)c2ccccc2n1. The molecule has 3 nitrogen and oxygen atoms in total. The van der Waals surface area contributed by atoms with Crippen molar-refractivity contribution < 1.29 is 17.9 Å². The summed E-state index contributed by atoms with van der Waals surface area (Å²) < 4.78 is 43.5. The molecular formula is C17H13F3N2O. The number of ether oxygens (including phenoxy) is 1. The lowest BCUT2D eigenvalue weighted by atomic mass is 10.2. The van der Waals surface area contributed by atoms with Crippen LogP contribution >= 0.6 is 0 Å². The fourth-order valence-electron chi connectivity index (χ4n) is 2.19. The van der Waals surface area contributed by atoms with E-state index in [1.54, 1.807) is 13.1 Å². The van der Waals surface area contributed by atoms with Crippen molar-refractivity contribution in [3.05, 3.63) is 60.2 Å². The third kappa shape index (κ3) is 3.21. The second-order valence-corrected chi connectivity index (χ2v) is 4.90. The van der Waals surface area contributed by atoms with Gasteiger partial charge in [-0.3, -0.25) is 0 Å². The van der Waals surface area contributed by atoms with Crippen LogP contribution in [0, 0.1) is 0 Å². The Kier molecular flexibility index (Phi) is 3.82. The largest absolute Gasteiger partial charge is 0.457 e. The lowest BCUT2D eigenvalue weighted by Gasteiger charge is -2.12. The maximum absolute atomic E-state index is 12.6. The highest BCUT2D eigenvalue weighted by atomic mass is 19.4. The normalized spacial score (nSPS) is 11.5. The lowest BCUT2D eigenvalue weighted by molar-refractivity contribution is -0.137. The number of nitrogens with zero attached hydrogens (tertiary/aromatic N) is 1. The van der Waals surface area contributed by atoms with Gasteiger partial charge >= 0.3 is 6.18 Å². The molecule has 6 heteroatoms. The molecule has 0 saturated heterocycles. The van der Waals surface area contributed by atoms with Gasteiger partial charge in [-0.25, -0.2) is 4.98 Å². The van der Waals surface area contributed by atoms with Gasteiger partial charge in [0.25, 0.3) is 0 Å². The highest BCUT2D eigenvalue weighted by Gasteiger charge is 2.30. The molecule has 2 aromatic carbocycles. The summed E-state index contributed by atoms with van der Waals surface area (Å²) in [5.74, 6) is 1.47. The molecule has 0 aliphatic carbocycles. The van der Waals surface area contributed by atoms with Crippen LogP contribution in [0.15, 0.2) is 54.6 Å². The summed E-state index contributed by atoms with van der Waals surface area (Å²) in [6.07, 6.45) is -4.36. The van der Waals surface area contributed by atoms with Gasteiger partial charge in [-0.15, -0.1) is 0 Å². The number of alkyl halides is 3. The van der Waals surface area contributed by atoms with E-state index >= 15 is 0 Å². The smallest absolute Gasteiger partial charge is 0.416 e. The molecule has 0 aliphatic rings. The number of hydrogen-bond donors (Lipinski definition) is 1. The van der Waals surface area contributed by atoms with Crippen molar-refractivity contribution in [2.45, 2.75) is 6.18 Å². The summed E-state index contributed by atoms with van der Waals surface area (Å²) in [4.78, 5) is 4.40. The van der Waals surface area contributed by atoms with E-state index in [0.717, 1.165) is 23.0 Å². The molecule has 0 fully saturated rings. The predicted octanol–water partition coefficient (Wildman–Crippen LogP) is 5.09. The van der Waals surface area contributed by atoms with Crippen molar-refractivity contribution in [3.63, 3.8) is 0 Å². The second kappa shape index (κ2) is 5.79. The number of halogens is 3. The van der Waals surface area contributed by atoms with Crippen molar-refractivity contribution in [2.75, 3.05) is 12.4 Å². The molecule has 0 aliphatic heterocycles. The quantitative estimate of drug-likeness (QED) is 0.730. The predicted molar refractivity (Wildman–Crippen MR) is 82.8 cm³/mol. The Balaban J connectivity index is 1.98. The second-order valence-electron chi connectivity index (χ2n) is 4.90. The standard InChI is InChI=1S/C17H13F3N2O/c1-21-16-10-15(13-4-2-3-5-14(13)22-16)23-12-8-6-11(7-9-12)17(18,19)20/h2-10H,1H3,(H,21,22). The van der Waals surface area contributed by atoms with Gasteiger partial charge < -0.3 is 10.1 Å². The molecule has 1 heterocycles. The Morgan fingerprint density at radius 3 is 2.35 bits per heavy atom. The average Bonchev–Trinajstić information content (AvgIpc) is 2.54. The number of para-hydroxylation sites is 1. The van der Waals surface area contributed by atoms with Gasteiger partial charge in [0.2, 0.25) is 0 Å². The van der Waals surface area contributed by atoms with Gasteiger partial charge in [0.05, 0.1) is 11.1 Å². The number of pyridine rings is 1. The maximum atomic E-state index is 12.6. The molecule has 3 aromatic rings. The first-order valence-electron chi connectivity index (χ1n) is 6.90. The molecule has 0 spiro atoms. The minimum Gasteiger partial charge on any atom is -0.457 e. The van der Waals surface area contributed by atoms with Gasteiger partial charge in [-0.05, 0) is 36.4 Å². The van der Waals surface area contributed by atoms with Crippen molar-refractivity contribution in [2.24, 2.45) is 0 Å². The van der Waals surface area contributed by atoms with Crippen LogP contribution in [0.1, 0.15) is 5.56 Å². The van der Waals surface area contributed by atoms with Crippen LogP contribution in [0.5, 0.6) is 11.5 Å². The highest BCUT2D eigenvalue weighted by molar-refractivity contribution is 5.87. The van der Waals surface area contributed by atoms with Crippen molar-refractivity contribution in [1.82, 2.24) is 4.98 Å². The molecule has 1 N–H and O–H groups in total. The molecule has 118 valence electrons. The molecule has 0 atom stereocenters. The molecule has 23 heavy (non-hydrogen) atoms. The van der Waals surface area contributed by atoms with Gasteiger partial charge in [-0.2, -0.15) is 13.2 Å². The highest BCUT2D eigenvalue weighted by Crippen LogP contribution is 2.34. The van der Waals surface area contributed by atoms with Crippen molar-refractivity contribution >= 4 is 16.7 Å². The number of nitrogens with one attached hydrogen (secondary N) is 1. The van der Waals surface area contributed by atoms with Crippen molar-refractivity contribution in [3.8, 4) is 11.5 Å². The molecule has 1 aromatic heterocycles. The molecule has 0 radical (unpaired) electrons. The van der Waals surface area contributed by atoms with Gasteiger partial charge in [0.15, 0.2) is 0 Å². The van der Waals surface area contributed by atoms with E-state index in [4.69, 9.17) is 4.74 Å². The van der Waals surface area contributed by atoms with Gasteiger partial charge in [-0.1, -0.05) is 12.1 Å². The topological polar surface area (TPSA) is 34.1 Å². The van der Waals surface area contributed by atoms with Crippen LogP contribution < -0.4 is 10.1 Å². The summed E-state index contributed by atoms with van der Waals surface area (Å²) in [7, 11) is 1.74. The Morgan fingerprint density at radius 1 is 1.00 bits per heavy atom. The van der Waals surface area contributed by atoms with Crippen LogP contribution in [-0.4, -0.2) is 12.0 Å². The van der Waals surface area contributed by atoms with Crippen LogP contribution in [0.4, 0.5) is 19.0 Å². The minimum atomic E-state index is -4.36. The van der Waals surface area contributed by atoms with Crippen LogP contribution in [0.3, 0.4) is 0 Å². The summed E-state index contributed by atoms with van der Waals surface area (Å²) in [5.41, 5.74) is 0.0293. The minimum absolute atomic E-state index is 0.330. The van der Waals surface area contributed by atoms with Crippen molar-refractivity contribution in [1.29, 1.82) is 0 Å². The summed E-state index contributed by atoms with van der Waals surface area (Å²) in [6.45, 7) is 0. The zero-order chi connectivity index (χ0) is 16.4. The molecule has 0 unspecified atom stereocenters. The van der Waals surface area contributed by atoms with Gasteiger partial charge in [0, 0.05) is 18.5 Å². The van der Waals surface area contributed by atoms with Gasteiger partial charge in [0.1, 0.15) is 17.3 Å². The lowest BCUT2D eigenvalue weighted by Crippen LogP contribution is -2.04. The number of anilines is 1. The molecule has 0 bridgehead atoms. The summed E-state index contributed by atoms with van der Waals surface area (Å²) in [5, 5.41) is 3.72. The fraction of sp³-hybridized carbons (Fsp3) is 0.118. The Bertz CT molecular complexity index is 829. The first-order chi connectivity index (χ1) is 11.0. The first-order valence-corrected chi connectivity index (χ1v) is 6.90. The van der Waals surface area contributed by atoms with Crippen LogP contribution in [-0.2, 0) is 6.18 Å². The van der Waals surface area contributed by atoms with E-state index in [0.29, 0.717) is 17.3 Å². The van der Waals surface area contributed by atoms with Crippen LogP contribution in [0.2, 0.25) is 0 Å². The number of fused-ring (bicyclic) bond motifs is 1. The first kappa shape index (κ1) is 15.1. The Hall–Kier alpha value is -2.76. The molecular weight excluding hydrogens is 305 g/mol. The zero-order valence-corrected chi connectivity index (χ0v) is 12.2. The Morgan fingerprint density at radius 2 is 1.70 bits per heavy atom. The number of benzene rings is 2. The maximum Gasteiger partial charge on any atom is 0.416 e. The van der Waals surface area contributed by atoms with Crippen LogP contribution in [0.25, 0.3) is 10.9 Å². The third-order valence-corrected chi connectivity index (χ3v) is 3.34. The average molecular weight is 318 g/mol. The summed E-state index contributed by atoms with van der Waals surface area (Å²) in [6, 6.07) is 13.7. The molecule has 0 amide bonds. The fourth-order valence-corrected chi connectivity index (χ4v) is 2.19. The number of hydrogen-bond acceptors (Lipinski definition) is 3. The van der Waals surface area contributed by atoms with E-state index < -0.39 is 11.7 Å². The molecule has 3 rings (SSSR count). The summed E-state index contributed by atoms with van der Waals surface area (Å²) >= 11 is 0.